The van der Waals surface area contributed by atoms with Crippen molar-refractivity contribution in [2.75, 3.05) is 13.2 Å². The third kappa shape index (κ3) is 2.98. The first-order valence-corrected chi connectivity index (χ1v) is 9.86. The van der Waals surface area contributed by atoms with Gasteiger partial charge in [0.15, 0.2) is 17.3 Å². The summed E-state index contributed by atoms with van der Waals surface area (Å²) in [6.07, 6.45) is 5.46. The third-order valence-corrected chi connectivity index (χ3v) is 6.03. The molecule has 142 valence electrons. The number of benzene rings is 1. The van der Waals surface area contributed by atoms with Crippen LogP contribution in [0.4, 0.5) is 0 Å². The second kappa shape index (κ2) is 6.36. The van der Waals surface area contributed by atoms with Gasteiger partial charge in [0.2, 0.25) is 0 Å². The highest BCUT2D eigenvalue weighted by Gasteiger charge is 2.44. The first kappa shape index (κ1) is 17.3. The van der Waals surface area contributed by atoms with Gasteiger partial charge in [0.05, 0.1) is 18.2 Å². The number of rotatable bonds is 2. The maximum Gasteiger partial charge on any atom is 0.292 e. The average molecular weight is 388 g/mol. The van der Waals surface area contributed by atoms with Crippen LogP contribution < -0.4 is 9.47 Å². The number of hydrogen-bond acceptors (Lipinski definition) is 5. The van der Waals surface area contributed by atoms with E-state index in [-0.39, 0.29) is 5.79 Å². The number of para-hydroxylation sites is 1. The lowest BCUT2D eigenvalue weighted by Crippen LogP contribution is -2.35. The predicted molar refractivity (Wildman–Crippen MR) is 100 cm³/mol. The fourth-order valence-corrected chi connectivity index (χ4v) is 4.48. The Morgan fingerprint density at radius 1 is 1.04 bits per heavy atom. The molecule has 0 radical (unpaired) electrons. The molecule has 1 aromatic carbocycles. The van der Waals surface area contributed by atoms with Crippen molar-refractivity contribution in [3.8, 4) is 11.5 Å². The van der Waals surface area contributed by atoms with Gasteiger partial charge in [-0.15, -0.1) is 0 Å². The molecular formula is C21H22ClNO4. The molecule has 0 bridgehead atoms. The van der Waals surface area contributed by atoms with Crippen LogP contribution in [0.5, 0.6) is 11.5 Å². The zero-order valence-corrected chi connectivity index (χ0v) is 16.0. The molecule has 1 aliphatic carbocycles. The van der Waals surface area contributed by atoms with Gasteiger partial charge in [-0.3, -0.25) is 4.98 Å². The zero-order valence-electron chi connectivity index (χ0n) is 15.2. The van der Waals surface area contributed by atoms with Crippen LogP contribution in [0.25, 0.3) is 0 Å². The summed E-state index contributed by atoms with van der Waals surface area (Å²) in [4.78, 5) is 4.39. The van der Waals surface area contributed by atoms with E-state index < -0.39 is 5.79 Å². The molecule has 6 heteroatoms. The Kier molecular flexibility index (Phi) is 4.08. The number of nitrogens with zero attached hydrogens (tertiary/aromatic N) is 1. The second-order valence-corrected chi connectivity index (χ2v) is 8.00. The molecule has 0 N–H and O–H groups in total. The Labute approximate surface area is 163 Å². The highest BCUT2D eigenvalue weighted by Crippen LogP contribution is 2.51. The van der Waals surface area contributed by atoms with Gasteiger partial charge >= 0.3 is 0 Å². The Morgan fingerprint density at radius 3 is 2.52 bits per heavy atom. The first-order chi connectivity index (χ1) is 13.1. The van der Waals surface area contributed by atoms with Gasteiger partial charge in [-0.05, 0) is 37.0 Å². The lowest BCUT2D eigenvalue weighted by Gasteiger charge is -2.35. The predicted octanol–water partition coefficient (Wildman–Crippen LogP) is 4.78. The summed E-state index contributed by atoms with van der Waals surface area (Å²) in [5.41, 5.74) is 1.89. The monoisotopic (exact) mass is 387 g/mol. The number of pyridine rings is 1. The van der Waals surface area contributed by atoms with Crippen molar-refractivity contribution < 1.29 is 18.9 Å². The lowest BCUT2D eigenvalue weighted by molar-refractivity contribution is -0.178. The van der Waals surface area contributed by atoms with Gasteiger partial charge in [-0.1, -0.05) is 23.7 Å². The molecule has 27 heavy (non-hydrogen) atoms. The molecule has 1 saturated heterocycles. The van der Waals surface area contributed by atoms with E-state index in [2.05, 4.69) is 11.1 Å². The van der Waals surface area contributed by atoms with Crippen molar-refractivity contribution in [2.45, 2.75) is 50.1 Å². The van der Waals surface area contributed by atoms with E-state index in [1.54, 1.807) is 12.3 Å². The van der Waals surface area contributed by atoms with Gasteiger partial charge < -0.3 is 18.9 Å². The van der Waals surface area contributed by atoms with E-state index in [4.69, 9.17) is 30.5 Å². The summed E-state index contributed by atoms with van der Waals surface area (Å²) in [6, 6.07) is 9.77. The maximum atomic E-state index is 6.33. The topological polar surface area (TPSA) is 49.8 Å². The van der Waals surface area contributed by atoms with Gasteiger partial charge in [-0.25, -0.2) is 0 Å². The van der Waals surface area contributed by atoms with Crippen molar-refractivity contribution in [3.63, 3.8) is 0 Å². The minimum Gasteiger partial charge on any atom is -0.443 e. The van der Waals surface area contributed by atoms with Crippen LogP contribution in [-0.2, 0) is 15.3 Å². The summed E-state index contributed by atoms with van der Waals surface area (Å²) >= 11 is 5.97. The highest BCUT2D eigenvalue weighted by molar-refractivity contribution is 6.30. The fraction of sp³-hybridized carbons (Fsp3) is 0.476. The Hall–Kier alpha value is -1.82. The summed E-state index contributed by atoms with van der Waals surface area (Å²) in [6.45, 7) is 3.30. The maximum absolute atomic E-state index is 6.33. The molecule has 5 rings (SSSR count). The smallest absolute Gasteiger partial charge is 0.292 e. The van der Waals surface area contributed by atoms with Crippen LogP contribution in [0, 0.1) is 0 Å². The summed E-state index contributed by atoms with van der Waals surface area (Å²) in [7, 11) is 0. The fourth-order valence-electron chi connectivity index (χ4n) is 4.37. The van der Waals surface area contributed by atoms with Crippen LogP contribution in [0.1, 0.15) is 49.8 Å². The number of aromatic nitrogens is 1. The van der Waals surface area contributed by atoms with Crippen LogP contribution in [0.15, 0.2) is 36.5 Å². The van der Waals surface area contributed by atoms with Crippen molar-refractivity contribution in [1.82, 2.24) is 4.98 Å². The molecule has 1 saturated carbocycles. The number of halogens is 1. The van der Waals surface area contributed by atoms with Crippen molar-refractivity contribution in [1.29, 1.82) is 0 Å². The molecule has 2 fully saturated rings. The number of hydrogen-bond donors (Lipinski definition) is 0. The second-order valence-electron chi connectivity index (χ2n) is 7.57. The van der Waals surface area contributed by atoms with E-state index in [1.807, 2.05) is 25.1 Å². The van der Waals surface area contributed by atoms with Gasteiger partial charge in [0, 0.05) is 31.5 Å². The normalized spacial score (nSPS) is 26.6. The molecule has 1 spiro atoms. The Bertz CT molecular complexity index is 840. The van der Waals surface area contributed by atoms with Crippen molar-refractivity contribution >= 4 is 11.6 Å². The summed E-state index contributed by atoms with van der Waals surface area (Å²) in [5.74, 6) is 0.693. The molecule has 1 atom stereocenters. The molecule has 5 nitrogen and oxygen atoms in total. The van der Waals surface area contributed by atoms with Crippen LogP contribution in [-0.4, -0.2) is 24.0 Å². The Balaban J connectivity index is 1.39. The molecule has 0 unspecified atom stereocenters. The minimum atomic E-state index is -0.948. The molecule has 2 aromatic rings. The summed E-state index contributed by atoms with van der Waals surface area (Å²) < 4.78 is 24.2. The van der Waals surface area contributed by atoms with E-state index in [0.717, 1.165) is 37.2 Å². The quantitative estimate of drug-likeness (QED) is 0.742. The molecule has 1 aromatic heterocycles. The number of fused-ring (bicyclic) bond motifs is 1. The largest absolute Gasteiger partial charge is 0.443 e. The van der Waals surface area contributed by atoms with Crippen LogP contribution in [0.3, 0.4) is 0 Å². The first-order valence-electron chi connectivity index (χ1n) is 9.48. The standard InChI is InChI=1S/C21H22ClNO4/c1-20(18-6-5-15(22)13-23-18)26-17-4-2-3-16(19(17)27-20)14-7-9-21(10-8-14)24-11-12-25-21/h2-6,13-14H,7-12H2,1H3/t20-/m0/s1. The van der Waals surface area contributed by atoms with Crippen molar-refractivity contribution in [2.24, 2.45) is 0 Å². The third-order valence-electron chi connectivity index (χ3n) is 5.80. The lowest BCUT2D eigenvalue weighted by atomic mass is 9.80. The van der Waals surface area contributed by atoms with Crippen LogP contribution >= 0.6 is 11.6 Å². The van der Waals surface area contributed by atoms with Gasteiger partial charge in [0.1, 0.15) is 5.69 Å². The molecule has 3 aliphatic rings. The van der Waals surface area contributed by atoms with E-state index in [0.29, 0.717) is 29.8 Å². The zero-order chi connectivity index (χ0) is 18.5. The van der Waals surface area contributed by atoms with Crippen LogP contribution in [0.2, 0.25) is 5.02 Å². The number of ether oxygens (including phenoxy) is 4. The van der Waals surface area contributed by atoms with E-state index in [1.165, 1.54) is 5.56 Å². The average Bonchev–Trinajstić information content (AvgIpc) is 3.27. The highest BCUT2D eigenvalue weighted by atomic mass is 35.5. The minimum absolute atomic E-state index is 0.354. The van der Waals surface area contributed by atoms with E-state index >= 15 is 0 Å². The molecule has 0 amide bonds. The van der Waals surface area contributed by atoms with Crippen molar-refractivity contribution in [3.05, 3.63) is 52.8 Å². The molecule has 3 heterocycles. The SMILES string of the molecule is C[C@]1(c2ccc(Cl)cn2)Oc2cccc(C3CCC4(CC3)OCCO4)c2O1. The Morgan fingerprint density at radius 2 is 1.81 bits per heavy atom. The van der Waals surface area contributed by atoms with Gasteiger partial charge in [0.25, 0.3) is 5.79 Å². The molecular weight excluding hydrogens is 366 g/mol. The van der Waals surface area contributed by atoms with E-state index in [9.17, 15) is 0 Å². The summed E-state index contributed by atoms with van der Waals surface area (Å²) in [5, 5.41) is 0.589. The molecule has 2 aliphatic heterocycles. The van der Waals surface area contributed by atoms with Gasteiger partial charge in [-0.2, -0.15) is 0 Å².